The summed E-state index contributed by atoms with van der Waals surface area (Å²) in [5, 5.41) is 0. The van der Waals surface area contributed by atoms with Gasteiger partial charge in [-0.15, -0.1) is 0 Å². The molecule has 0 aliphatic carbocycles. The highest BCUT2D eigenvalue weighted by molar-refractivity contribution is 6.08. The van der Waals surface area contributed by atoms with Gasteiger partial charge in [0, 0.05) is 11.8 Å². The van der Waals surface area contributed by atoms with E-state index in [0.29, 0.717) is 17.9 Å². The maximum atomic E-state index is 12.7. The van der Waals surface area contributed by atoms with E-state index in [2.05, 4.69) is 9.97 Å². The first-order valence-corrected chi connectivity index (χ1v) is 5.13. The lowest BCUT2D eigenvalue weighted by Gasteiger charge is -2.14. The van der Waals surface area contributed by atoms with Crippen molar-refractivity contribution in [3.63, 3.8) is 0 Å². The average molecular weight is 229 g/mol. The highest BCUT2D eigenvalue weighted by atomic mass is 19.1. The molecule has 0 saturated heterocycles. The van der Waals surface area contributed by atoms with Gasteiger partial charge in [-0.25, -0.2) is 4.98 Å². The minimum absolute atomic E-state index is 0.172. The van der Waals surface area contributed by atoms with Crippen molar-refractivity contribution in [1.29, 1.82) is 0 Å². The fraction of sp³-hybridized carbons (Fsp3) is 0.0833. The van der Waals surface area contributed by atoms with Crippen molar-refractivity contribution in [3.05, 3.63) is 53.9 Å². The molecule has 0 bridgehead atoms. The summed E-state index contributed by atoms with van der Waals surface area (Å²) < 4.78 is 12.7. The van der Waals surface area contributed by atoms with E-state index in [9.17, 15) is 9.18 Å². The topological polar surface area (TPSA) is 46.1 Å². The molecule has 3 rings (SSSR count). The van der Waals surface area contributed by atoms with Crippen LogP contribution < -0.4 is 4.90 Å². The van der Waals surface area contributed by atoms with Crippen LogP contribution in [0.3, 0.4) is 0 Å². The number of pyridine rings is 2. The Labute approximate surface area is 96.7 Å². The van der Waals surface area contributed by atoms with E-state index < -0.39 is 5.95 Å². The van der Waals surface area contributed by atoms with Crippen LogP contribution in [0.4, 0.5) is 10.1 Å². The van der Waals surface area contributed by atoms with Gasteiger partial charge in [-0.05, 0) is 18.2 Å². The van der Waals surface area contributed by atoms with Crippen LogP contribution in [0.1, 0.15) is 16.1 Å². The molecule has 0 aromatic carbocycles. The first-order chi connectivity index (χ1) is 8.25. The maximum Gasteiger partial charge on any atom is 0.277 e. The van der Waals surface area contributed by atoms with E-state index in [1.54, 1.807) is 12.3 Å². The summed E-state index contributed by atoms with van der Waals surface area (Å²) in [7, 11) is 0. The molecule has 0 fully saturated rings. The monoisotopic (exact) mass is 229 g/mol. The van der Waals surface area contributed by atoms with E-state index >= 15 is 0 Å². The third-order valence-electron chi connectivity index (χ3n) is 2.69. The van der Waals surface area contributed by atoms with Crippen LogP contribution in [0.2, 0.25) is 0 Å². The van der Waals surface area contributed by atoms with Gasteiger partial charge in [-0.1, -0.05) is 6.07 Å². The van der Waals surface area contributed by atoms with Crippen molar-refractivity contribution in [3.8, 4) is 0 Å². The number of carbonyl (C=O) groups is 1. The summed E-state index contributed by atoms with van der Waals surface area (Å²) in [4.78, 5) is 21.1. The number of hydrogen-bond donors (Lipinski definition) is 0. The Morgan fingerprint density at radius 1 is 1.24 bits per heavy atom. The van der Waals surface area contributed by atoms with Gasteiger partial charge in [0.1, 0.15) is 5.69 Å². The Morgan fingerprint density at radius 2 is 2.12 bits per heavy atom. The van der Waals surface area contributed by atoms with Gasteiger partial charge < -0.3 is 4.90 Å². The standard InChI is InChI=1S/C12H8FN3O/c13-10-4-3-9(6-15-10)16-7-8-2-1-5-14-11(8)12(16)17/h1-6H,7H2. The van der Waals surface area contributed by atoms with Crippen LogP contribution in [0, 0.1) is 5.95 Å². The zero-order chi connectivity index (χ0) is 11.8. The number of nitrogens with zero attached hydrogens (tertiary/aromatic N) is 3. The second kappa shape index (κ2) is 3.62. The van der Waals surface area contributed by atoms with Crippen molar-refractivity contribution in [2.24, 2.45) is 0 Å². The van der Waals surface area contributed by atoms with Gasteiger partial charge >= 0.3 is 0 Å². The molecule has 84 valence electrons. The lowest BCUT2D eigenvalue weighted by Crippen LogP contribution is -2.23. The first-order valence-electron chi connectivity index (χ1n) is 5.13. The molecule has 17 heavy (non-hydrogen) atoms. The lowest BCUT2D eigenvalue weighted by atomic mass is 10.2. The molecule has 2 aromatic rings. The Bertz CT molecular complexity index is 583. The largest absolute Gasteiger partial charge is 0.301 e. The molecular formula is C12H8FN3O. The molecule has 0 N–H and O–H groups in total. The van der Waals surface area contributed by atoms with E-state index in [1.807, 2.05) is 6.07 Å². The number of halogens is 1. The van der Waals surface area contributed by atoms with E-state index in [-0.39, 0.29) is 5.91 Å². The maximum absolute atomic E-state index is 12.7. The van der Waals surface area contributed by atoms with Gasteiger partial charge in [-0.3, -0.25) is 9.78 Å². The molecule has 3 heterocycles. The highest BCUT2D eigenvalue weighted by Crippen LogP contribution is 2.25. The summed E-state index contributed by atoms with van der Waals surface area (Å²) in [5.74, 6) is -0.731. The Hall–Kier alpha value is -2.30. The molecule has 5 heteroatoms. The molecule has 0 saturated carbocycles. The molecule has 4 nitrogen and oxygen atoms in total. The van der Waals surface area contributed by atoms with Crippen LogP contribution in [-0.2, 0) is 6.54 Å². The SMILES string of the molecule is O=C1c2ncccc2CN1c1ccc(F)nc1. The summed E-state index contributed by atoms with van der Waals surface area (Å²) >= 11 is 0. The Kier molecular flexibility index (Phi) is 2.11. The van der Waals surface area contributed by atoms with Gasteiger partial charge in [0.2, 0.25) is 5.95 Å². The highest BCUT2D eigenvalue weighted by Gasteiger charge is 2.29. The van der Waals surface area contributed by atoms with Gasteiger partial charge in [-0.2, -0.15) is 4.39 Å². The van der Waals surface area contributed by atoms with Crippen molar-refractivity contribution >= 4 is 11.6 Å². The molecule has 1 aliphatic heterocycles. The van der Waals surface area contributed by atoms with Crippen LogP contribution >= 0.6 is 0 Å². The molecule has 1 amide bonds. The third-order valence-corrected chi connectivity index (χ3v) is 2.69. The van der Waals surface area contributed by atoms with Crippen molar-refractivity contribution < 1.29 is 9.18 Å². The average Bonchev–Trinajstić information content (AvgIpc) is 2.69. The smallest absolute Gasteiger partial charge is 0.277 e. The summed E-state index contributed by atoms with van der Waals surface area (Å²) in [6.07, 6.45) is 2.93. The molecule has 0 unspecified atom stereocenters. The number of fused-ring (bicyclic) bond motifs is 1. The fourth-order valence-electron chi connectivity index (χ4n) is 1.86. The molecule has 0 radical (unpaired) electrons. The van der Waals surface area contributed by atoms with Crippen molar-refractivity contribution in [1.82, 2.24) is 9.97 Å². The second-order valence-electron chi connectivity index (χ2n) is 3.74. The quantitative estimate of drug-likeness (QED) is 0.700. The number of aromatic nitrogens is 2. The van der Waals surface area contributed by atoms with E-state index in [0.717, 1.165) is 5.56 Å². The molecule has 1 aliphatic rings. The van der Waals surface area contributed by atoms with Gasteiger partial charge in [0.05, 0.1) is 18.4 Å². The minimum atomic E-state index is -0.559. The number of carbonyl (C=O) groups excluding carboxylic acids is 1. The van der Waals surface area contributed by atoms with E-state index in [4.69, 9.17) is 0 Å². The third kappa shape index (κ3) is 1.56. The molecule has 2 aromatic heterocycles. The molecular weight excluding hydrogens is 221 g/mol. The molecule has 0 spiro atoms. The Balaban J connectivity index is 1.99. The van der Waals surface area contributed by atoms with Gasteiger partial charge in [0.25, 0.3) is 5.91 Å². The Morgan fingerprint density at radius 3 is 2.82 bits per heavy atom. The van der Waals surface area contributed by atoms with Gasteiger partial charge in [0.15, 0.2) is 0 Å². The van der Waals surface area contributed by atoms with Crippen molar-refractivity contribution in [2.45, 2.75) is 6.54 Å². The van der Waals surface area contributed by atoms with Crippen LogP contribution in [-0.4, -0.2) is 15.9 Å². The predicted molar refractivity (Wildman–Crippen MR) is 58.9 cm³/mol. The predicted octanol–water partition coefficient (Wildman–Crippen LogP) is 1.78. The minimum Gasteiger partial charge on any atom is -0.301 e. The second-order valence-corrected chi connectivity index (χ2v) is 3.74. The fourth-order valence-corrected chi connectivity index (χ4v) is 1.86. The normalized spacial score (nSPS) is 13.9. The number of hydrogen-bond acceptors (Lipinski definition) is 3. The van der Waals surface area contributed by atoms with Crippen LogP contribution in [0.15, 0.2) is 36.7 Å². The number of amides is 1. The summed E-state index contributed by atoms with van der Waals surface area (Å²) in [5.41, 5.74) is 1.91. The zero-order valence-corrected chi connectivity index (χ0v) is 8.80. The first kappa shape index (κ1) is 9.89. The molecule has 0 atom stereocenters. The van der Waals surface area contributed by atoms with Crippen LogP contribution in [0.25, 0.3) is 0 Å². The number of rotatable bonds is 1. The summed E-state index contributed by atoms with van der Waals surface area (Å²) in [6, 6.07) is 6.42. The summed E-state index contributed by atoms with van der Waals surface area (Å²) in [6.45, 7) is 0.454. The van der Waals surface area contributed by atoms with Crippen molar-refractivity contribution in [2.75, 3.05) is 4.90 Å². The van der Waals surface area contributed by atoms with E-state index in [1.165, 1.54) is 23.2 Å². The van der Waals surface area contributed by atoms with Crippen LogP contribution in [0.5, 0.6) is 0 Å². The lowest BCUT2D eigenvalue weighted by molar-refractivity contribution is 0.0992. The zero-order valence-electron chi connectivity index (χ0n) is 8.80. The number of anilines is 1.